The summed E-state index contributed by atoms with van der Waals surface area (Å²) in [5.41, 5.74) is 2.64. The minimum Gasteiger partial charge on any atom is -0.378 e. The van der Waals surface area contributed by atoms with E-state index in [0.29, 0.717) is 6.54 Å². The van der Waals surface area contributed by atoms with Crippen molar-refractivity contribution in [1.29, 1.82) is 0 Å². The lowest BCUT2D eigenvalue weighted by Crippen LogP contribution is -2.03. The highest BCUT2D eigenvalue weighted by Crippen LogP contribution is 2.22. The first-order chi connectivity index (χ1) is 10.3. The van der Waals surface area contributed by atoms with Crippen LogP contribution in [0.5, 0.6) is 0 Å². The van der Waals surface area contributed by atoms with Crippen LogP contribution in [0.15, 0.2) is 48.9 Å². The summed E-state index contributed by atoms with van der Waals surface area (Å²) in [5, 5.41) is 9.75. The fourth-order valence-corrected chi connectivity index (χ4v) is 2.04. The van der Waals surface area contributed by atoms with Crippen LogP contribution in [0.3, 0.4) is 0 Å². The van der Waals surface area contributed by atoms with Gasteiger partial charge in [-0.2, -0.15) is 5.10 Å². The van der Waals surface area contributed by atoms with Crippen molar-refractivity contribution in [3.8, 4) is 11.3 Å². The largest absolute Gasteiger partial charge is 0.378 e. The van der Waals surface area contributed by atoms with Gasteiger partial charge in [-0.05, 0) is 24.3 Å². The van der Waals surface area contributed by atoms with Crippen molar-refractivity contribution in [3.63, 3.8) is 0 Å². The first-order valence-corrected chi connectivity index (χ1v) is 6.36. The average Bonchev–Trinajstić information content (AvgIpc) is 2.98. The quantitative estimate of drug-likeness (QED) is 0.773. The Balaban J connectivity index is 1.81. The van der Waals surface area contributed by atoms with Gasteiger partial charge >= 0.3 is 0 Å². The molecule has 0 aliphatic carbocycles. The minimum absolute atomic E-state index is 0.119. The maximum Gasteiger partial charge on any atom is 0.181 e. The van der Waals surface area contributed by atoms with Crippen molar-refractivity contribution in [2.24, 2.45) is 0 Å². The maximum atomic E-state index is 13.6. The second-order valence-corrected chi connectivity index (χ2v) is 4.47. The highest BCUT2D eigenvalue weighted by atomic mass is 19.2. The number of anilines is 1. The molecular formula is C15H12F2N4. The van der Waals surface area contributed by atoms with E-state index in [0.717, 1.165) is 22.9 Å². The molecule has 3 rings (SSSR count). The van der Waals surface area contributed by atoms with Crippen LogP contribution in [-0.2, 0) is 6.54 Å². The Morgan fingerprint density at radius 3 is 2.81 bits per heavy atom. The van der Waals surface area contributed by atoms with Crippen LogP contribution in [0.2, 0.25) is 0 Å². The molecule has 106 valence electrons. The molecule has 21 heavy (non-hydrogen) atoms. The Labute approximate surface area is 119 Å². The Hall–Kier alpha value is -2.76. The van der Waals surface area contributed by atoms with Crippen LogP contribution in [0.4, 0.5) is 14.5 Å². The molecule has 3 aromatic rings. The van der Waals surface area contributed by atoms with Crippen LogP contribution in [0, 0.1) is 11.6 Å². The van der Waals surface area contributed by atoms with Gasteiger partial charge in [0.1, 0.15) is 0 Å². The van der Waals surface area contributed by atoms with E-state index in [4.69, 9.17) is 0 Å². The zero-order valence-electron chi connectivity index (χ0n) is 11.0. The molecule has 0 radical (unpaired) electrons. The van der Waals surface area contributed by atoms with Crippen LogP contribution in [0.25, 0.3) is 11.3 Å². The second kappa shape index (κ2) is 5.70. The van der Waals surface area contributed by atoms with Crippen molar-refractivity contribution in [1.82, 2.24) is 15.2 Å². The average molecular weight is 286 g/mol. The number of hydrogen-bond donors (Lipinski definition) is 2. The number of hydrogen-bond acceptors (Lipinski definition) is 3. The predicted octanol–water partition coefficient (Wildman–Crippen LogP) is 3.36. The number of aromatic amines is 1. The molecule has 0 fully saturated rings. The summed E-state index contributed by atoms with van der Waals surface area (Å²) < 4.78 is 26.7. The van der Waals surface area contributed by atoms with Gasteiger partial charge in [0.25, 0.3) is 0 Å². The zero-order valence-corrected chi connectivity index (χ0v) is 11.0. The van der Waals surface area contributed by atoms with Gasteiger partial charge in [0.05, 0.1) is 17.6 Å². The van der Waals surface area contributed by atoms with Gasteiger partial charge in [-0.1, -0.05) is 6.07 Å². The van der Waals surface area contributed by atoms with Gasteiger partial charge in [0.2, 0.25) is 0 Å². The molecule has 2 heterocycles. The summed E-state index contributed by atoms with van der Waals surface area (Å²) in [6.45, 7) is 0.321. The molecule has 0 saturated heterocycles. The summed E-state index contributed by atoms with van der Waals surface area (Å²) in [5.74, 6) is -1.76. The fraction of sp³-hybridized carbons (Fsp3) is 0.0667. The summed E-state index contributed by atoms with van der Waals surface area (Å²) in [7, 11) is 0. The molecular weight excluding hydrogens is 274 g/mol. The van der Waals surface area contributed by atoms with E-state index in [1.54, 1.807) is 18.6 Å². The van der Waals surface area contributed by atoms with Gasteiger partial charge < -0.3 is 5.32 Å². The third kappa shape index (κ3) is 2.74. The smallest absolute Gasteiger partial charge is 0.181 e. The Morgan fingerprint density at radius 1 is 1.10 bits per heavy atom. The van der Waals surface area contributed by atoms with Crippen LogP contribution in [0.1, 0.15) is 5.56 Å². The number of H-pyrrole nitrogens is 1. The lowest BCUT2D eigenvalue weighted by atomic mass is 10.1. The van der Waals surface area contributed by atoms with Crippen LogP contribution in [-0.4, -0.2) is 15.2 Å². The number of pyridine rings is 1. The third-order valence-corrected chi connectivity index (χ3v) is 3.09. The number of aromatic nitrogens is 3. The van der Waals surface area contributed by atoms with Gasteiger partial charge in [-0.15, -0.1) is 0 Å². The number of nitrogens with zero attached hydrogens (tertiary/aromatic N) is 2. The first-order valence-electron chi connectivity index (χ1n) is 6.36. The van der Waals surface area contributed by atoms with E-state index in [1.807, 2.05) is 12.1 Å². The van der Waals surface area contributed by atoms with Gasteiger partial charge in [0, 0.05) is 30.1 Å². The topological polar surface area (TPSA) is 53.6 Å². The monoisotopic (exact) mass is 286 g/mol. The summed E-state index contributed by atoms with van der Waals surface area (Å²) in [6, 6.07) is 7.74. The van der Waals surface area contributed by atoms with Crippen LogP contribution >= 0.6 is 0 Å². The molecule has 0 aliphatic heterocycles. The summed E-state index contributed by atoms with van der Waals surface area (Å²) in [4.78, 5) is 4.05. The third-order valence-electron chi connectivity index (χ3n) is 3.09. The molecule has 1 aromatic carbocycles. The molecule has 0 amide bonds. The van der Waals surface area contributed by atoms with Gasteiger partial charge in [0.15, 0.2) is 11.6 Å². The molecule has 2 aromatic heterocycles. The minimum atomic E-state index is -0.885. The lowest BCUT2D eigenvalue weighted by molar-refractivity contribution is 0.511. The van der Waals surface area contributed by atoms with Gasteiger partial charge in [-0.3, -0.25) is 10.1 Å². The number of nitrogens with one attached hydrogen (secondary N) is 2. The van der Waals surface area contributed by atoms with Gasteiger partial charge in [-0.25, -0.2) is 8.78 Å². The van der Waals surface area contributed by atoms with Crippen molar-refractivity contribution >= 4 is 5.69 Å². The highest BCUT2D eigenvalue weighted by Gasteiger charge is 2.10. The summed E-state index contributed by atoms with van der Waals surface area (Å²) >= 11 is 0. The van der Waals surface area contributed by atoms with E-state index in [1.165, 1.54) is 12.1 Å². The van der Waals surface area contributed by atoms with Crippen molar-refractivity contribution in [2.45, 2.75) is 6.54 Å². The molecule has 0 aliphatic rings. The van der Waals surface area contributed by atoms with E-state index >= 15 is 0 Å². The SMILES string of the molecule is Fc1cccc(NCc2cn[nH]c2-c2cccnc2)c1F. The molecule has 4 nitrogen and oxygen atoms in total. The summed E-state index contributed by atoms with van der Waals surface area (Å²) in [6.07, 6.45) is 5.03. The normalized spacial score (nSPS) is 10.6. The van der Waals surface area contributed by atoms with E-state index in [2.05, 4.69) is 20.5 Å². The Kier molecular flexibility index (Phi) is 3.59. The highest BCUT2D eigenvalue weighted by molar-refractivity contribution is 5.62. The molecule has 0 spiro atoms. The molecule has 0 unspecified atom stereocenters. The van der Waals surface area contributed by atoms with Crippen molar-refractivity contribution in [2.75, 3.05) is 5.32 Å². The molecule has 2 N–H and O–H groups in total. The number of halogens is 2. The van der Waals surface area contributed by atoms with Crippen LogP contribution < -0.4 is 5.32 Å². The van der Waals surface area contributed by atoms with E-state index in [9.17, 15) is 8.78 Å². The van der Waals surface area contributed by atoms with Crippen molar-refractivity contribution < 1.29 is 8.78 Å². The maximum absolute atomic E-state index is 13.6. The molecule has 0 saturated carbocycles. The van der Waals surface area contributed by atoms with E-state index < -0.39 is 11.6 Å². The zero-order chi connectivity index (χ0) is 14.7. The van der Waals surface area contributed by atoms with Crippen molar-refractivity contribution in [3.05, 3.63) is 66.1 Å². The molecule has 0 bridgehead atoms. The number of rotatable bonds is 4. The Bertz CT molecular complexity index is 740. The fourth-order valence-electron chi connectivity index (χ4n) is 2.04. The van der Waals surface area contributed by atoms with E-state index in [-0.39, 0.29) is 5.69 Å². The Morgan fingerprint density at radius 2 is 2.00 bits per heavy atom. The molecule has 0 atom stereocenters. The first kappa shape index (κ1) is 13.2. The molecule has 6 heteroatoms. The standard InChI is InChI=1S/C15H12F2N4/c16-12-4-1-5-13(14(12)17)19-8-11-9-20-21-15(11)10-3-2-6-18-7-10/h1-7,9,19H,8H2,(H,20,21). The predicted molar refractivity (Wildman–Crippen MR) is 75.5 cm³/mol. The number of benzene rings is 1. The lowest BCUT2D eigenvalue weighted by Gasteiger charge is -2.08. The second-order valence-electron chi connectivity index (χ2n) is 4.47.